The molecule has 0 unspecified atom stereocenters. The van der Waals surface area contributed by atoms with E-state index >= 15 is 0 Å². The van der Waals surface area contributed by atoms with Crippen LogP contribution in [0.25, 0.3) is 11.3 Å². The summed E-state index contributed by atoms with van der Waals surface area (Å²) in [4.78, 5) is 12.3. The molecule has 0 fully saturated rings. The Kier molecular flexibility index (Phi) is 6.31. The number of amides is 1. The molecule has 3 aromatic rings. The molecular weight excluding hydrogens is 366 g/mol. The molecule has 0 radical (unpaired) electrons. The second-order valence-electron chi connectivity index (χ2n) is 7.99. The summed E-state index contributed by atoms with van der Waals surface area (Å²) in [6, 6.07) is 21.0. The van der Waals surface area contributed by atoms with E-state index < -0.39 is 14.2 Å². The van der Waals surface area contributed by atoms with Crippen LogP contribution >= 0.6 is 0 Å². The Labute approximate surface area is 167 Å². The Balaban J connectivity index is 1.80. The Morgan fingerprint density at radius 3 is 2.32 bits per heavy atom. The van der Waals surface area contributed by atoms with Crippen molar-refractivity contribution in [3.05, 3.63) is 72.4 Å². The monoisotopic (exact) mass is 393 g/mol. The number of nitrogens with one attached hydrogen (secondary N) is 1. The molecule has 0 saturated heterocycles. The van der Waals surface area contributed by atoms with Gasteiger partial charge in [0.05, 0.1) is 30.7 Å². The van der Waals surface area contributed by atoms with Gasteiger partial charge < -0.3 is 4.74 Å². The molecule has 0 atom stereocenters. The number of carbonyl (C=O) groups excluding carboxylic acids is 1. The van der Waals surface area contributed by atoms with Crippen LogP contribution in [0.3, 0.4) is 0 Å². The molecule has 1 amide bonds. The highest BCUT2D eigenvalue weighted by Crippen LogP contribution is 2.28. The van der Waals surface area contributed by atoms with Gasteiger partial charge in [-0.15, -0.1) is 0 Å². The zero-order valence-corrected chi connectivity index (χ0v) is 17.7. The maximum Gasteiger partial charge on any atom is 0.411 e. The van der Waals surface area contributed by atoms with Crippen LogP contribution in [0.15, 0.2) is 66.9 Å². The molecule has 3 rings (SSSR count). The highest BCUT2D eigenvalue weighted by molar-refractivity contribution is 6.76. The largest absolute Gasteiger partial charge is 0.450 e. The van der Waals surface area contributed by atoms with E-state index in [1.807, 2.05) is 53.2 Å². The minimum atomic E-state index is -1.24. The quantitative estimate of drug-likeness (QED) is 0.540. The van der Waals surface area contributed by atoms with Gasteiger partial charge in [0.15, 0.2) is 0 Å². The van der Waals surface area contributed by atoms with Gasteiger partial charge in [-0.1, -0.05) is 80.3 Å². The van der Waals surface area contributed by atoms with Crippen molar-refractivity contribution >= 4 is 19.9 Å². The van der Waals surface area contributed by atoms with Crippen LogP contribution in [0, 0.1) is 0 Å². The van der Waals surface area contributed by atoms with E-state index in [1.165, 1.54) is 0 Å². The molecule has 2 aromatic carbocycles. The van der Waals surface area contributed by atoms with Gasteiger partial charge in [0.2, 0.25) is 0 Å². The van der Waals surface area contributed by atoms with Crippen molar-refractivity contribution in [3.8, 4) is 11.3 Å². The first-order valence-electron chi connectivity index (χ1n) is 9.51. The summed E-state index contributed by atoms with van der Waals surface area (Å²) in [6.45, 7) is 7.85. The van der Waals surface area contributed by atoms with Gasteiger partial charge in [-0.2, -0.15) is 5.10 Å². The molecule has 0 bridgehead atoms. The van der Waals surface area contributed by atoms with Crippen LogP contribution in [0.2, 0.25) is 25.7 Å². The van der Waals surface area contributed by atoms with Crippen LogP contribution in [0.4, 0.5) is 10.5 Å². The highest BCUT2D eigenvalue weighted by Gasteiger charge is 2.17. The fourth-order valence-electron chi connectivity index (χ4n) is 2.85. The zero-order valence-electron chi connectivity index (χ0n) is 16.7. The molecular formula is C22H27N3O2Si. The normalized spacial score (nSPS) is 11.2. The van der Waals surface area contributed by atoms with E-state index in [4.69, 9.17) is 4.74 Å². The van der Waals surface area contributed by atoms with Gasteiger partial charge in [0.25, 0.3) is 0 Å². The second kappa shape index (κ2) is 8.88. The lowest BCUT2D eigenvalue weighted by molar-refractivity contribution is 0.167. The van der Waals surface area contributed by atoms with Crippen LogP contribution in [-0.2, 0) is 11.3 Å². The summed E-state index contributed by atoms with van der Waals surface area (Å²) in [5.41, 5.74) is 3.66. The third kappa shape index (κ3) is 5.57. The van der Waals surface area contributed by atoms with Gasteiger partial charge in [-0.25, -0.2) is 4.79 Å². The number of hydrogen-bond acceptors (Lipinski definition) is 3. The van der Waals surface area contributed by atoms with Gasteiger partial charge in [-0.3, -0.25) is 10.00 Å². The molecule has 0 aliphatic heterocycles. The van der Waals surface area contributed by atoms with E-state index in [0.717, 1.165) is 22.9 Å². The molecule has 1 heterocycles. The number of rotatable bonds is 7. The lowest BCUT2D eigenvalue weighted by Crippen LogP contribution is -2.24. The van der Waals surface area contributed by atoms with Crippen molar-refractivity contribution in [1.29, 1.82) is 0 Å². The Bertz CT molecular complexity index is 903. The maximum absolute atomic E-state index is 12.3. The molecule has 5 nitrogen and oxygen atoms in total. The summed E-state index contributed by atoms with van der Waals surface area (Å²) in [6.07, 6.45) is 1.25. The SMILES string of the molecule is C[Si](C)(C)CCOC(=O)Nc1cnn(Cc2ccccc2)c1-c1ccccc1. The molecule has 1 N–H and O–H groups in total. The molecule has 1 aromatic heterocycles. The van der Waals surface area contributed by atoms with Gasteiger partial charge >= 0.3 is 6.09 Å². The Morgan fingerprint density at radius 1 is 1.04 bits per heavy atom. The first kappa shape index (κ1) is 19.9. The average molecular weight is 394 g/mol. The first-order valence-corrected chi connectivity index (χ1v) is 13.2. The number of hydrogen-bond donors (Lipinski definition) is 1. The number of nitrogens with zero attached hydrogens (tertiary/aromatic N) is 2. The molecule has 146 valence electrons. The molecule has 6 heteroatoms. The fraction of sp³-hybridized carbons (Fsp3) is 0.273. The smallest absolute Gasteiger partial charge is 0.411 e. The van der Waals surface area contributed by atoms with Crippen LogP contribution < -0.4 is 5.32 Å². The number of benzene rings is 2. The second-order valence-corrected chi connectivity index (χ2v) is 13.6. The molecule has 0 spiro atoms. The van der Waals surface area contributed by atoms with Gasteiger partial charge in [0, 0.05) is 13.6 Å². The van der Waals surface area contributed by atoms with Crippen LogP contribution in [-0.4, -0.2) is 30.6 Å². The van der Waals surface area contributed by atoms with Crippen molar-refractivity contribution in [2.75, 3.05) is 11.9 Å². The lowest BCUT2D eigenvalue weighted by Gasteiger charge is -2.15. The van der Waals surface area contributed by atoms with Crippen molar-refractivity contribution in [3.63, 3.8) is 0 Å². The molecule has 0 aliphatic rings. The number of aromatic nitrogens is 2. The summed E-state index contributed by atoms with van der Waals surface area (Å²) >= 11 is 0. The Hall–Kier alpha value is -2.86. The number of ether oxygens (including phenoxy) is 1. The minimum Gasteiger partial charge on any atom is -0.450 e. The van der Waals surface area contributed by atoms with E-state index in [-0.39, 0.29) is 0 Å². The van der Waals surface area contributed by atoms with Crippen molar-refractivity contribution < 1.29 is 9.53 Å². The highest BCUT2D eigenvalue weighted by atomic mass is 28.3. The predicted molar refractivity (Wildman–Crippen MR) is 116 cm³/mol. The van der Waals surface area contributed by atoms with E-state index in [1.54, 1.807) is 6.20 Å². The summed E-state index contributed by atoms with van der Waals surface area (Å²) < 4.78 is 7.29. The van der Waals surface area contributed by atoms with E-state index in [2.05, 4.69) is 42.2 Å². The molecule has 28 heavy (non-hydrogen) atoms. The number of anilines is 1. The molecule has 0 aliphatic carbocycles. The van der Waals surface area contributed by atoms with Crippen molar-refractivity contribution in [2.45, 2.75) is 32.2 Å². The predicted octanol–water partition coefficient (Wildman–Crippen LogP) is 5.49. The van der Waals surface area contributed by atoms with Crippen LogP contribution in [0.1, 0.15) is 5.56 Å². The van der Waals surface area contributed by atoms with Gasteiger partial charge in [0.1, 0.15) is 0 Å². The summed E-state index contributed by atoms with van der Waals surface area (Å²) in [7, 11) is -1.24. The topological polar surface area (TPSA) is 56.1 Å². The van der Waals surface area contributed by atoms with Gasteiger partial charge in [-0.05, 0) is 11.6 Å². The third-order valence-electron chi connectivity index (χ3n) is 4.38. The van der Waals surface area contributed by atoms with Crippen molar-refractivity contribution in [2.24, 2.45) is 0 Å². The van der Waals surface area contributed by atoms with Crippen molar-refractivity contribution in [1.82, 2.24) is 9.78 Å². The fourth-order valence-corrected chi connectivity index (χ4v) is 3.56. The van der Waals surface area contributed by atoms with E-state index in [9.17, 15) is 4.79 Å². The standard InChI is InChI=1S/C22H27N3O2Si/c1-28(2,3)15-14-27-22(26)24-20-16-23-25(17-18-10-6-4-7-11-18)21(20)19-12-8-5-9-13-19/h4-13,16H,14-15,17H2,1-3H3,(H,24,26). The first-order chi connectivity index (χ1) is 13.4. The zero-order chi connectivity index (χ0) is 20.0. The minimum absolute atomic E-state index is 0.435. The average Bonchev–Trinajstić information content (AvgIpc) is 3.04. The Morgan fingerprint density at radius 2 is 1.68 bits per heavy atom. The third-order valence-corrected chi connectivity index (χ3v) is 6.09. The van der Waals surface area contributed by atoms with E-state index in [0.29, 0.717) is 18.8 Å². The molecule has 0 saturated carbocycles. The summed E-state index contributed by atoms with van der Waals surface area (Å²) in [5, 5.41) is 7.39. The summed E-state index contributed by atoms with van der Waals surface area (Å²) in [5.74, 6) is 0. The maximum atomic E-state index is 12.3. The van der Waals surface area contributed by atoms with Crippen LogP contribution in [0.5, 0.6) is 0 Å². The lowest BCUT2D eigenvalue weighted by atomic mass is 10.1. The number of carbonyl (C=O) groups is 1.